The van der Waals surface area contributed by atoms with E-state index in [-0.39, 0.29) is 18.7 Å². The van der Waals surface area contributed by atoms with E-state index in [0.29, 0.717) is 16.8 Å². The van der Waals surface area contributed by atoms with Crippen LogP contribution in [-0.4, -0.2) is 22.4 Å². The lowest BCUT2D eigenvalue weighted by Gasteiger charge is -2.11. The number of esters is 1. The molecule has 1 heterocycles. The Balaban J connectivity index is 2.11. The van der Waals surface area contributed by atoms with Crippen molar-refractivity contribution in [2.24, 2.45) is 0 Å². The van der Waals surface area contributed by atoms with E-state index in [1.165, 1.54) is 10.7 Å². The number of hydrogen-bond acceptors (Lipinski definition) is 5. The van der Waals surface area contributed by atoms with Crippen molar-refractivity contribution in [3.05, 3.63) is 87.7 Å². The van der Waals surface area contributed by atoms with E-state index in [0.717, 1.165) is 5.56 Å². The normalized spacial score (nSPS) is 10.2. The Morgan fingerprint density at radius 1 is 1.15 bits per heavy atom. The van der Waals surface area contributed by atoms with Gasteiger partial charge in [-0.2, -0.15) is 10.4 Å². The smallest absolute Gasteiger partial charge is 0.343 e. The van der Waals surface area contributed by atoms with Gasteiger partial charge in [0.2, 0.25) is 0 Å². The topological polar surface area (TPSA) is 85.0 Å². The Bertz CT molecular complexity index is 1050. The highest BCUT2D eigenvalue weighted by atomic mass is 16.5. The first kappa shape index (κ1) is 18.1. The quantitative estimate of drug-likeness (QED) is 0.654. The van der Waals surface area contributed by atoms with Crippen molar-refractivity contribution in [3.8, 4) is 17.3 Å². The Morgan fingerprint density at radius 2 is 1.85 bits per heavy atom. The highest BCUT2D eigenvalue weighted by Crippen LogP contribution is 2.18. The molecule has 1 aromatic heterocycles. The summed E-state index contributed by atoms with van der Waals surface area (Å²) in [6.07, 6.45) is 0. The molecule has 0 atom stereocenters. The largest absolute Gasteiger partial charge is 0.462 e. The Kier molecular flexibility index (Phi) is 5.43. The molecule has 0 saturated heterocycles. The van der Waals surface area contributed by atoms with E-state index < -0.39 is 11.5 Å². The van der Waals surface area contributed by atoms with Crippen LogP contribution in [0.2, 0.25) is 0 Å². The number of aromatic nitrogens is 2. The van der Waals surface area contributed by atoms with Gasteiger partial charge in [0.05, 0.1) is 30.5 Å². The van der Waals surface area contributed by atoms with E-state index in [4.69, 9.17) is 10.00 Å². The van der Waals surface area contributed by atoms with Gasteiger partial charge in [-0.3, -0.25) is 4.79 Å². The van der Waals surface area contributed by atoms with Gasteiger partial charge in [0.25, 0.3) is 5.56 Å². The Hall–Kier alpha value is -3.72. The third-order valence-corrected chi connectivity index (χ3v) is 3.95. The van der Waals surface area contributed by atoms with Gasteiger partial charge in [-0.1, -0.05) is 42.5 Å². The number of carbonyl (C=O) groups excluding carboxylic acids is 1. The first-order chi connectivity index (χ1) is 13.1. The number of rotatable bonds is 5. The minimum absolute atomic E-state index is 0.0675. The molecule has 0 unspecified atom stereocenters. The maximum absolute atomic E-state index is 12.7. The number of carbonyl (C=O) groups is 1. The Labute approximate surface area is 156 Å². The lowest BCUT2D eigenvalue weighted by molar-refractivity contribution is 0.0523. The predicted octanol–water partition coefficient (Wildman–Crippen LogP) is 3.01. The van der Waals surface area contributed by atoms with Crippen molar-refractivity contribution in [2.45, 2.75) is 13.5 Å². The first-order valence-electron chi connectivity index (χ1n) is 8.46. The highest BCUT2D eigenvalue weighted by Gasteiger charge is 2.17. The summed E-state index contributed by atoms with van der Waals surface area (Å²) in [6.45, 7) is 2.09. The van der Waals surface area contributed by atoms with Gasteiger partial charge < -0.3 is 4.74 Å². The predicted molar refractivity (Wildman–Crippen MR) is 100 cm³/mol. The van der Waals surface area contributed by atoms with Gasteiger partial charge in [-0.05, 0) is 30.7 Å². The maximum Gasteiger partial charge on any atom is 0.343 e. The van der Waals surface area contributed by atoms with E-state index in [9.17, 15) is 9.59 Å². The summed E-state index contributed by atoms with van der Waals surface area (Å²) in [5, 5.41) is 13.4. The summed E-state index contributed by atoms with van der Waals surface area (Å²) >= 11 is 0. The molecule has 0 saturated carbocycles. The summed E-state index contributed by atoms with van der Waals surface area (Å²) in [7, 11) is 0. The molecule has 134 valence electrons. The molecule has 27 heavy (non-hydrogen) atoms. The van der Waals surface area contributed by atoms with Crippen LogP contribution < -0.4 is 5.56 Å². The lowest BCUT2D eigenvalue weighted by Crippen LogP contribution is -2.30. The zero-order chi connectivity index (χ0) is 19.2. The summed E-state index contributed by atoms with van der Waals surface area (Å²) in [5.41, 5.74) is 1.98. The third kappa shape index (κ3) is 4.10. The van der Waals surface area contributed by atoms with Crippen LogP contribution in [0.25, 0.3) is 11.3 Å². The summed E-state index contributed by atoms with van der Waals surface area (Å²) in [5.74, 6) is -0.679. The van der Waals surface area contributed by atoms with Gasteiger partial charge in [-0.25, -0.2) is 9.48 Å². The molecular formula is C21H17N3O3. The van der Waals surface area contributed by atoms with E-state index in [1.807, 2.05) is 30.3 Å². The fourth-order valence-corrected chi connectivity index (χ4v) is 2.62. The van der Waals surface area contributed by atoms with Crippen LogP contribution in [0.4, 0.5) is 0 Å². The SMILES string of the molecule is CCOC(=O)c1cc(-c2ccc(C#N)cc2)nn(Cc2ccccc2)c1=O. The molecule has 0 spiro atoms. The second-order valence-electron chi connectivity index (χ2n) is 5.80. The molecule has 0 fully saturated rings. The zero-order valence-corrected chi connectivity index (χ0v) is 14.8. The van der Waals surface area contributed by atoms with Crippen LogP contribution in [-0.2, 0) is 11.3 Å². The van der Waals surface area contributed by atoms with Gasteiger partial charge in [0, 0.05) is 5.56 Å². The summed E-state index contributed by atoms with van der Waals surface area (Å²) in [6, 6.07) is 19.7. The fourth-order valence-electron chi connectivity index (χ4n) is 2.62. The second-order valence-corrected chi connectivity index (χ2v) is 5.80. The average Bonchev–Trinajstić information content (AvgIpc) is 2.70. The van der Waals surface area contributed by atoms with E-state index >= 15 is 0 Å². The second kappa shape index (κ2) is 8.11. The average molecular weight is 359 g/mol. The van der Waals surface area contributed by atoms with Crippen molar-refractivity contribution >= 4 is 5.97 Å². The molecule has 0 aliphatic rings. The molecule has 3 rings (SSSR count). The van der Waals surface area contributed by atoms with Crippen molar-refractivity contribution in [1.29, 1.82) is 5.26 Å². The number of ether oxygens (including phenoxy) is 1. The van der Waals surface area contributed by atoms with Crippen LogP contribution in [0.15, 0.2) is 65.5 Å². The van der Waals surface area contributed by atoms with Crippen molar-refractivity contribution < 1.29 is 9.53 Å². The van der Waals surface area contributed by atoms with E-state index in [2.05, 4.69) is 11.2 Å². The standard InChI is InChI=1S/C21H17N3O3/c1-2-27-21(26)18-12-19(17-10-8-15(13-22)9-11-17)23-24(20(18)25)14-16-6-4-3-5-7-16/h3-12H,2,14H2,1H3. The zero-order valence-electron chi connectivity index (χ0n) is 14.8. The molecule has 3 aromatic rings. The van der Waals surface area contributed by atoms with Gasteiger partial charge in [0.1, 0.15) is 5.56 Å². The molecule has 0 aliphatic heterocycles. The highest BCUT2D eigenvalue weighted by molar-refractivity contribution is 5.90. The summed E-state index contributed by atoms with van der Waals surface area (Å²) < 4.78 is 6.28. The number of nitrogens with zero attached hydrogens (tertiary/aromatic N) is 3. The Morgan fingerprint density at radius 3 is 2.48 bits per heavy atom. The molecule has 0 N–H and O–H groups in total. The minimum atomic E-state index is -0.679. The number of nitriles is 1. The molecule has 0 bridgehead atoms. The van der Waals surface area contributed by atoms with Crippen LogP contribution in [0, 0.1) is 11.3 Å². The van der Waals surface area contributed by atoms with Gasteiger partial charge in [0.15, 0.2) is 0 Å². The molecule has 0 aliphatic carbocycles. The van der Waals surface area contributed by atoms with E-state index in [1.54, 1.807) is 31.2 Å². The monoisotopic (exact) mass is 359 g/mol. The van der Waals surface area contributed by atoms with Crippen molar-refractivity contribution in [3.63, 3.8) is 0 Å². The number of hydrogen-bond donors (Lipinski definition) is 0. The van der Waals surface area contributed by atoms with Crippen LogP contribution in [0.1, 0.15) is 28.4 Å². The van der Waals surface area contributed by atoms with Crippen molar-refractivity contribution in [1.82, 2.24) is 9.78 Å². The molecule has 0 radical (unpaired) electrons. The van der Waals surface area contributed by atoms with Gasteiger partial charge >= 0.3 is 5.97 Å². The van der Waals surface area contributed by atoms with Crippen LogP contribution in [0.5, 0.6) is 0 Å². The fraction of sp³-hybridized carbons (Fsp3) is 0.143. The first-order valence-corrected chi connectivity index (χ1v) is 8.46. The van der Waals surface area contributed by atoms with Crippen molar-refractivity contribution in [2.75, 3.05) is 6.61 Å². The molecule has 2 aromatic carbocycles. The molecule has 0 amide bonds. The minimum Gasteiger partial charge on any atom is -0.462 e. The van der Waals surface area contributed by atoms with Crippen LogP contribution in [0.3, 0.4) is 0 Å². The van der Waals surface area contributed by atoms with Gasteiger partial charge in [-0.15, -0.1) is 0 Å². The maximum atomic E-state index is 12.7. The molecular weight excluding hydrogens is 342 g/mol. The number of benzene rings is 2. The molecule has 6 heteroatoms. The third-order valence-electron chi connectivity index (χ3n) is 3.95. The molecule has 6 nitrogen and oxygen atoms in total. The van der Waals surface area contributed by atoms with Crippen LogP contribution >= 0.6 is 0 Å². The summed E-state index contributed by atoms with van der Waals surface area (Å²) in [4.78, 5) is 25.0. The lowest BCUT2D eigenvalue weighted by atomic mass is 10.1.